The molecule has 0 aliphatic heterocycles. The molecule has 0 radical (unpaired) electrons. The normalized spacial score (nSPS) is 12.2. The van der Waals surface area contributed by atoms with E-state index >= 15 is 0 Å². The number of aryl methyl sites for hydroxylation is 1. The van der Waals surface area contributed by atoms with Gasteiger partial charge in [-0.1, -0.05) is 13.8 Å². The molecule has 0 fully saturated rings. The summed E-state index contributed by atoms with van der Waals surface area (Å²) in [6.07, 6.45) is 2.85. The minimum Gasteiger partial charge on any atom is -0.396 e. The van der Waals surface area contributed by atoms with Crippen LogP contribution in [-0.2, 0) is 0 Å². The van der Waals surface area contributed by atoms with Gasteiger partial charge in [-0.05, 0) is 19.3 Å². The van der Waals surface area contributed by atoms with Gasteiger partial charge in [-0.2, -0.15) is 4.98 Å². The summed E-state index contributed by atoms with van der Waals surface area (Å²) >= 11 is 0. The Morgan fingerprint density at radius 2 is 2.18 bits per heavy atom. The van der Waals surface area contributed by atoms with Gasteiger partial charge in [-0.15, -0.1) is 0 Å². The van der Waals surface area contributed by atoms with Gasteiger partial charge in [-0.3, -0.25) is 0 Å². The molecule has 1 aromatic rings. The van der Waals surface area contributed by atoms with Gasteiger partial charge in [0.15, 0.2) is 0 Å². The number of anilines is 2. The van der Waals surface area contributed by atoms with Crippen molar-refractivity contribution >= 4 is 11.8 Å². The highest BCUT2D eigenvalue weighted by Crippen LogP contribution is 2.13. The fourth-order valence-corrected chi connectivity index (χ4v) is 1.28. The SMILES string of the molecule is CCCNc1ncc(C)c(NCC(C)CO)n1. The van der Waals surface area contributed by atoms with Gasteiger partial charge in [0, 0.05) is 31.5 Å². The van der Waals surface area contributed by atoms with E-state index in [-0.39, 0.29) is 12.5 Å². The number of hydrogen-bond acceptors (Lipinski definition) is 5. The molecule has 1 unspecified atom stereocenters. The Kier molecular flexibility index (Phi) is 5.69. The van der Waals surface area contributed by atoms with Crippen LogP contribution in [0.5, 0.6) is 0 Å². The summed E-state index contributed by atoms with van der Waals surface area (Å²) in [7, 11) is 0. The Hall–Kier alpha value is -1.36. The fourth-order valence-electron chi connectivity index (χ4n) is 1.28. The summed E-state index contributed by atoms with van der Waals surface area (Å²) in [6, 6.07) is 0. The van der Waals surface area contributed by atoms with E-state index in [0.29, 0.717) is 12.5 Å². The molecule has 96 valence electrons. The summed E-state index contributed by atoms with van der Waals surface area (Å²) in [4.78, 5) is 8.61. The minimum atomic E-state index is 0.179. The molecule has 1 heterocycles. The smallest absolute Gasteiger partial charge is 0.224 e. The number of aromatic nitrogens is 2. The van der Waals surface area contributed by atoms with Crippen LogP contribution in [0.1, 0.15) is 25.8 Å². The first-order valence-electron chi connectivity index (χ1n) is 6.09. The fraction of sp³-hybridized carbons (Fsp3) is 0.667. The highest BCUT2D eigenvalue weighted by atomic mass is 16.3. The second-order valence-corrected chi connectivity index (χ2v) is 4.32. The first kappa shape index (κ1) is 13.7. The molecule has 0 aliphatic carbocycles. The summed E-state index contributed by atoms with van der Waals surface area (Å²) < 4.78 is 0. The summed E-state index contributed by atoms with van der Waals surface area (Å²) in [5.41, 5.74) is 1.01. The number of aliphatic hydroxyl groups excluding tert-OH is 1. The largest absolute Gasteiger partial charge is 0.396 e. The lowest BCUT2D eigenvalue weighted by atomic mass is 10.2. The molecule has 1 rings (SSSR count). The number of nitrogens with zero attached hydrogens (tertiary/aromatic N) is 2. The van der Waals surface area contributed by atoms with Gasteiger partial charge < -0.3 is 15.7 Å². The monoisotopic (exact) mass is 238 g/mol. The standard InChI is InChI=1S/C12H22N4O/c1-4-5-13-12-15-7-10(3)11(16-12)14-6-9(2)8-17/h7,9,17H,4-6,8H2,1-3H3,(H2,13,14,15,16). The van der Waals surface area contributed by atoms with Crippen molar-refractivity contribution < 1.29 is 5.11 Å². The molecule has 0 amide bonds. The molecule has 5 nitrogen and oxygen atoms in total. The summed E-state index contributed by atoms with van der Waals surface area (Å²) in [6.45, 7) is 7.81. The Morgan fingerprint density at radius 1 is 1.41 bits per heavy atom. The molecule has 0 aliphatic rings. The second kappa shape index (κ2) is 7.06. The van der Waals surface area contributed by atoms with Crippen molar-refractivity contribution in [2.45, 2.75) is 27.2 Å². The Bertz CT molecular complexity index is 343. The van der Waals surface area contributed by atoms with Crippen molar-refractivity contribution in [2.24, 2.45) is 5.92 Å². The lowest BCUT2D eigenvalue weighted by Gasteiger charge is -2.13. The van der Waals surface area contributed by atoms with Crippen molar-refractivity contribution in [1.29, 1.82) is 0 Å². The first-order chi connectivity index (χ1) is 8.17. The van der Waals surface area contributed by atoms with E-state index in [9.17, 15) is 0 Å². The van der Waals surface area contributed by atoms with Crippen LogP contribution in [0.3, 0.4) is 0 Å². The van der Waals surface area contributed by atoms with E-state index in [0.717, 1.165) is 24.3 Å². The zero-order chi connectivity index (χ0) is 12.7. The maximum Gasteiger partial charge on any atom is 0.224 e. The molecule has 0 aromatic carbocycles. The molecule has 1 atom stereocenters. The van der Waals surface area contributed by atoms with Gasteiger partial charge in [0.2, 0.25) is 5.95 Å². The molecule has 3 N–H and O–H groups in total. The third-order valence-electron chi connectivity index (χ3n) is 2.43. The van der Waals surface area contributed by atoms with E-state index in [1.165, 1.54) is 0 Å². The van der Waals surface area contributed by atoms with Gasteiger partial charge in [-0.25, -0.2) is 4.98 Å². The lowest BCUT2D eigenvalue weighted by molar-refractivity contribution is 0.244. The van der Waals surface area contributed by atoms with Gasteiger partial charge in [0.05, 0.1) is 0 Å². The van der Waals surface area contributed by atoms with E-state index < -0.39 is 0 Å². The molecule has 0 bridgehead atoms. The lowest BCUT2D eigenvalue weighted by Crippen LogP contribution is -2.16. The molecule has 0 saturated heterocycles. The average molecular weight is 238 g/mol. The van der Waals surface area contributed by atoms with Gasteiger partial charge in [0.1, 0.15) is 5.82 Å². The Labute approximate surface area is 103 Å². The van der Waals surface area contributed by atoms with E-state index in [1.54, 1.807) is 6.20 Å². The van der Waals surface area contributed by atoms with Crippen LogP contribution < -0.4 is 10.6 Å². The molecular weight excluding hydrogens is 216 g/mol. The second-order valence-electron chi connectivity index (χ2n) is 4.32. The number of aliphatic hydroxyl groups is 1. The minimum absolute atomic E-state index is 0.179. The van der Waals surface area contributed by atoms with Crippen molar-refractivity contribution in [1.82, 2.24) is 9.97 Å². The van der Waals surface area contributed by atoms with Crippen LogP contribution in [-0.4, -0.2) is 34.8 Å². The van der Waals surface area contributed by atoms with Crippen LogP contribution in [0.2, 0.25) is 0 Å². The van der Waals surface area contributed by atoms with Crippen LogP contribution in [0.4, 0.5) is 11.8 Å². The van der Waals surface area contributed by atoms with Crippen molar-refractivity contribution in [3.8, 4) is 0 Å². The highest BCUT2D eigenvalue weighted by molar-refractivity contribution is 5.46. The van der Waals surface area contributed by atoms with Crippen LogP contribution >= 0.6 is 0 Å². The van der Waals surface area contributed by atoms with Crippen molar-refractivity contribution in [3.63, 3.8) is 0 Å². The quantitative estimate of drug-likeness (QED) is 0.674. The molecule has 0 spiro atoms. The van der Waals surface area contributed by atoms with E-state index in [2.05, 4.69) is 27.5 Å². The zero-order valence-corrected chi connectivity index (χ0v) is 10.8. The zero-order valence-electron chi connectivity index (χ0n) is 10.8. The van der Waals surface area contributed by atoms with E-state index in [4.69, 9.17) is 5.11 Å². The molecular formula is C12H22N4O. The van der Waals surface area contributed by atoms with Crippen LogP contribution in [0.15, 0.2) is 6.20 Å². The van der Waals surface area contributed by atoms with E-state index in [1.807, 2.05) is 13.8 Å². The third kappa shape index (κ3) is 4.56. The molecule has 5 heteroatoms. The van der Waals surface area contributed by atoms with Gasteiger partial charge >= 0.3 is 0 Å². The molecule has 0 saturated carbocycles. The predicted molar refractivity (Wildman–Crippen MR) is 70.3 cm³/mol. The highest BCUT2D eigenvalue weighted by Gasteiger charge is 2.05. The Balaban J connectivity index is 2.62. The van der Waals surface area contributed by atoms with Crippen LogP contribution in [0, 0.1) is 12.8 Å². The third-order valence-corrected chi connectivity index (χ3v) is 2.43. The maximum atomic E-state index is 8.97. The summed E-state index contributed by atoms with van der Waals surface area (Å²) in [5.74, 6) is 1.70. The molecule has 1 aromatic heterocycles. The van der Waals surface area contributed by atoms with Crippen LogP contribution in [0.25, 0.3) is 0 Å². The Morgan fingerprint density at radius 3 is 2.82 bits per heavy atom. The number of nitrogens with one attached hydrogen (secondary N) is 2. The topological polar surface area (TPSA) is 70.1 Å². The van der Waals surface area contributed by atoms with Crippen molar-refractivity contribution in [2.75, 3.05) is 30.3 Å². The average Bonchev–Trinajstić information content (AvgIpc) is 2.35. The molecule has 17 heavy (non-hydrogen) atoms. The number of rotatable bonds is 7. The summed E-state index contributed by atoms with van der Waals surface area (Å²) in [5, 5.41) is 15.3. The first-order valence-corrected chi connectivity index (χ1v) is 6.09. The van der Waals surface area contributed by atoms with Crippen molar-refractivity contribution in [3.05, 3.63) is 11.8 Å². The number of hydrogen-bond donors (Lipinski definition) is 3. The predicted octanol–water partition coefficient (Wildman–Crippen LogP) is 1.65. The maximum absolute atomic E-state index is 8.97. The van der Waals surface area contributed by atoms with Gasteiger partial charge in [0.25, 0.3) is 0 Å².